The van der Waals surface area contributed by atoms with Crippen molar-refractivity contribution in [2.75, 3.05) is 0 Å². The number of benzene rings is 2. The van der Waals surface area contributed by atoms with Gasteiger partial charge in [-0.1, -0.05) is 54.1 Å². The molecule has 0 amide bonds. The number of hydrogen-bond acceptors (Lipinski definition) is 3. The summed E-state index contributed by atoms with van der Waals surface area (Å²) in [5.74, 6) is 0. The second kappa shape index (κ2) is 6.53. The van der Waals surface area contributed by atoms with Gasteiger partial charge in [0.1, 0.15) is 5.60 Å². The Labute approximate surface area is 155 Å². The van der Waals surface area contributed by atoms with Crippen molar-refractivity contribution in [2.45, 2.75) is 43.8 Å². The molecular formula is C22H24O3S. The second-order valence-electron chi connectivity index (χ2n) is 7.38. The van der Waals surface area contributed by atoms with E-state index < -0.39 is 21.0 Å². The normalized spacial score (nSPS) is 22.5. The molecule has 1 aliphatic rings. The van der Waals surface area contributed by atoms with Crippen molar-refractivity contribution in [3.8, 4) is 0 Å². The highest BCUT2D eigenvalue weighted by Gasteiger charge is 2.46. The Kier molecular flexibility index (Phi) is 4.67. The van der Waals surface area contributed by atoms with Crippen molar-refractivity contribution in [1.82, 2.24) is 0 Å². The summed E-state index contributed by atoms with van der Waals surface area (Å²) in [4.78, 5) is 0.570. The molecule has 0 bridgehead atoms. The van der Waals surface area contributed by atoms with E-state index >= 15 is 0 Å². The molecule has 1 unspecified atom stereocenters. The van der Waals surface area contributed by atoms with Crippen LogP contribution in [0.15, 0.2) is 76.5 Å². The van der Waals surface area contributed by atoms with Crippen LogP contribution in [0.1, 0.15) is 31.9 Å². The van der Waals surface area contributed by atoms with E-state index in [9.17, 15) is 8.42 Å². The van der Waals surface area contributed by atoms with E-state index in [1.165, 1.54) is 0 Å². The van der Waals surface area contributed by atoms with Crippen molar-refractivity contribution in [3.63, 3.8) is 0 Å². The molecule has 0 spiro atoms. The fourth-order valence-electron chi connectivity index (χ4n) is 3.21. The third-order valence-electron chi connectivity index (χ3n) is 4.46. The van der Waals surface area contributed by atoms with E-state index in [0.29, 0.717) is 0 Å². The SMILES string of the molecule is Cc1ccc(S(=O)(=O)C2=CC(C)(C)OC2(C)/C=C/c2ccccc2)cc1. The van der Waals surface area contributed by atoms with Crippen molar-refractivity contribution >= 4 is 15.9 Å². The molecule has 0 saturated heterocycles. The van der Waals surface area contributed by atoms with E-state index in [0.717, 1.165) is 11.1 Å². The molecule has 0 radical (unpaired) electrons. The number of hydrogen-bond donors (Lipinski definition) is 0. The summed E-state index contributed by atoms with van der Waals surface area (Å²) in [6.45, 7) is 7.49. The predicted octanol–water partition coefficient (Wildman–Crippen LogP) is 4.93. The van der Waals surface area contributed by atoms with Crippen molar-refractivity contribution in [1.29, 1.82) is 0 Å². The molecule has 1 heterocycles. The summed E-state index contributed by atoms with van der Waals surface area (Å²) in [5, 5.41) is 0. The first-order chi connectivity index (χ1) is 12.1. The summed E-state index contributed by atoms with van der Waals surface area (Å²) in [5.41, 5.74) is 0.327. The van der Waals surface area contributed by atoms with Crippen LogP contribution in [-0.2, 0) is 14.6 Å². The average Bonchev–Trinajstić information content (AvgIpc) is 2.85. The van der Waals surface area contributed by atoms with Crippen LogP contribution < -0.4 is 0 Å². The lowest BCUT2D eigenvalue weighted by molar-refractivity contribution is -0.0329. The molecule has 0 aliphatic carbocycles. The molecule has 0 saturated carbocycles. The monoisotopic (exact) mass is 368 g/mol. The largest absolute Gasteiger partial charge is 0.356 e. The highest BCUT2D eigenvalue weighted by atomic mass is 32.2. The van der Waals surface area contributed by atoms with E-state index in [1.807, 2.05) is 75.4 Å². The maximum Gasteiger partial charge on any atom is 0.205 e. The van der Waals surface area contributed by atoms with Gasteiger partial charge in [0.25, 0.3) is 0 Å². The van der Waals surface area contributed by atoms with Gasteiger partial charge < -0.3 is 4.74 Å². The van der Waals surface area contributed by atoms with Gasteiger partial charge in [-0.2, -0.15) is 0 Å². The minimum absolute atomic E-state index is 0.283. The highest BCUT2D eigenvalue weighted by molar-refractivity contribution is 7.95. The quantitative estimate of drug-likeness (QED) is 0.768. The zero-order chi connectivity index (χ0) is 19.0. The topological polar surface area (TPSA) is 43.4 Å². The first-order valence-electron chi connectivity index (χ1n) is 8.62. The fourth-order valence-corrected chi connectivity index (χ4v) is 5.04. The molecule has 26 heavy (non-hydrogen) atoms. The first kappa shape index (κ1) is 18.6. The molecule has 1 atom stereocenters. The number of rotatable bonds is 4. The van der Waals surface area contributed by atoms with Gasteiger partial charge in [-0.3, -0.25) is 0 Å². The number of aryl methyl sites for hydroxylation is 1. The summed E-state index contributed by atoms with van der Waals surface area (Å²) >= 11 is 0. The van der Waals surface area contributed by atoms with Gasteiger partial charge in [0, 0.05) is 0 Å². The fraction of sp³-hybridized carbons (Fsp3) is 0.273. The number of sulfone groups is 1. The summed E-state index contributed by atoms with van der Waals surface area (Å²) in [6.07, 6.45) is 5.45. The molecule has 0 fully saturated rings. The first-order valence-corrected chi connectivity index (χ1v) is 10.1. The van der Waals surface area contributed by atoms with Gasteiger partial charge >= 0.3 is 0 Å². The van der Waals surface area contributed by atoms with Crippen LogP contribution >= 0.6 is 0 Å². The Morgan fingerprint density at radius 1 is 0.923 bits per heavy atom. The van der Waals surface area contributed by atoms with Crippen molar-refractivity contribution in [2.24, 2.45) is 0 Å². The molecule has 0 aromatic heterocycles. The van der Waals surface area contributed by atoms with Crippen LogP contribution in [0.4, 0.5) is 0 Å². The van der Waals surface area contributed by atoms with Gasteiger partial charge in [0.05, 0.1) is 15.4 Å². The van der Waals surface area contributed by atoms with Gasteiger partial charge in [0.2, 0.25) is 9.84 Å². The van der Waals surface area contributed by atoms with E-state index in [4.69, 9.17) is 4.74 Å². The van der Waals surface area contributed by atoms with Crippen LogP contribution in [-0.4, -0.2) is 19.6 Å². The molecule has 2 aromatic carbocycles. The van der Waals surface area contributed by atoms with Gasteiger partial charge in [-0.25, -0.2) is 8.42 Å². The van der Waals surface area contributed by atoms with Gasteiger partial charge in [0.15, 0.2) is 0 Å². The molecule has 1 aliphatic heterocycles. The highest BCUT2D eigenvalue weighted by Crippen LogP contribution is 2.43. The van der Waals surface area contributed by atoms with Crippen LogP contribution in [0.2, 0.25) is 0 Å². The zero-order valence-electron chi connectivity index (χ0n) is 15.6. The lowest BCUT2D eigenvalue weighted by Gasteiger charge is -2.28. The van der Waals surface area contributed by atoms with Gasteiger partial charge in [-0.15, -0.1) is 0 Å². The van der Waals surface area contributed by atoms with E-state index in [-0.39, 0.29) is 9.80 Å². The maximum absolute atomic E-state index is 13.3. The van der Waals surface area contributed by atoms with Crippen LogP contribution in [0.3, 0.4) is 0 Å². The molecular weight excluding hydrogens is 344 g/mol. The summed E-state index contributed by atoms with van der Waals surface area (Å²) < 4.78 is 32.7. The second-order valence-corrected chi connectivity index (χ2v) is 9.30. The minimum Gasteiger partial charge on any atom is -0.356 e. The Hall–Kier alpha value is -2.17. The van der Waals surface area contributed by atoms with Gasteiger partial charge in [-0.05, 0) is 57.5 Å². The maximum atomic E-state index is 13.3. The van der Waals surface area contributed by atoms with Crippen LogP contribution in [0, 0.1) is 6.92 Å². The standard InChI is InChI=1S/C22H24O3S/c1-17-10-12-19(13-11-17)26(23,24)20-16-21(2,3)25-22(20,4)15-14-18-8-6-5-7-9-18/h5-16H,1-4H3/b15-14+. The molecule has 3 rings (SSSR count). The molecule has 2 aromatic rings. The Morgan fingerprint density at radius 2 is 1.54 bits per heavy atom. The average molecular weight is 368 g/mol. The summed E-state index contributed by atoms with van der Waals surface area (Å²) in [6, 6.07) is 16.7. The number of ether oxygens (including phenoxy) is 1. The molecule has 136 valence electrons. The van der Waals surface area contributed by atoms with Crippen molar-refractivity contribution in [3.05, 3.63) is 82.8 Å². The zero-order valence-corrected chi connectivity index (χ0v) is 16.4. The van der Waals surface area contributed by atoms with Crippen LogP contribution in [0.5, 0.6) is 0 Å². The third-order valence-corrected chi connectivity index (χ3v) is 6.45. The minimum atomic E-state index is -3.65. The van der Waals surface area contributed by atoms with Crippen LogP contribution in [0.25, 0.3) is 6.08 Å². The lowest BCUT2D eigenvalue weighted by Crippen LogP contribution is -2.32. The molecule has 4 heteroatoms. The van der Waals surface area contributed by atoms with Crippen molar-refractivity contribution < 1.29 is 13.2 Å². The lowest BCUT2D eigenvalue weighted by atomic mass is 10.0. The molecule has 3 nitrogen and oxygen atoms in total. The Balaban J connectivity index is 2.04. The van der Waals surface area contributed by atoms with E-state index in [1.54, 1.807) is 25.1 Å². The summed E-state index contributed by atoms with van der Waals surface area (Å²) in [7, 11) is -3.65. The molecule has 0 N–H and O–H groups in total. The Morgan fingerprint density at radius 3 is 2.15 bits per heavy atom. The Bertz CT molecular complexity index is 952. The predicted molar refractivity (Wildman–Crippen MR) is 105 cm³/mol. The smallest absolute Gasteiger partial charge is 0.205 e. The third kappa shape index (κ3) is 3.67. The van der Waals surface area contributed by atoms with E-state index in [2.05, 4.69) is 0 Å².